The molecular formula is C15H21NO2. The van der Waals surface area contributed by atoms with Crippen LogP contribution < -0.4 is 4.74 Å². The fraction of sp³-hybridized carbons (Fsp3) is 0.533. The number of rotatable bonds is 7. The number of methoxy groups -OCH3 is 1. The van der Waals surface area contributed by atoms with Crippen molar-refractivity contribution in [2.24, 2.45) is 0 Å². The van der Waals surface area contributed by atoms with Crippen molar-refractivity contribution in [3.05, 3.63) is 29.8 Å². The molecule has 0 atom stereocenters. The third-order valence-corrected chi connectivity index (χ3v) is 3.33. The van der Waals surface area contributed by atoms with E-state index in [2.05, 4.69) is 11.8 Å². The highest BCUT2D eigenvalue weighted by molar-refractivity contribution is 5.97. The van der Waals surface area contributed by atoms with Gasteiger partial charge in [0.05, 0.1) is 13.7 Å². The Hall–Kier alpha value is -1.35. The Morgan fingerprint density at radius 3 is 2.50 bits per heavy atom. The Balaban J connectivity index is 1.96. The molecule has 1 aromatic rings. The second-order valence-corrected chi connectivity index (χ2v) is 4.85. The molecule has 0 aliphatic heterocycles. The lowest BCUT2D eigenvalue weighted by atomic mass is 10.1. The number of ether oxygens (including phenoxy) is 1. The van der Waals surface area contributed by atoms with Gasteiger partial charge in [0.25, 0.3) is 0 Å². The molecule has 1 saturated carbocycles. The number of nitrogens with zero attached hydrogens (tertiary/aromatic N) is 1. The molecule has 0 bridgehead atoms. The maximum absolute atomic E-state index is 12.2. The highest BCUT2D eigenvalue weighted by Crippen LogP contribution is 2.27. The van der Waals surface area contributed by atoms with Gasteiger partial charge in [0, 0.05) is 11.6 Å². The van der Waals surface area contributed by atoms with Crippen LogP contribution in [0, 0.1) is 0 Å². The Kier molecular flexibility index (Phi) is 4.37. The second-order valence-electron chi connectivity index (χ2n) is 4.85. The van der Waals surface area contributed by atoms with E-state index in [-0.39, 0.29) is 5.78 Å². The van der Waals surface area contributed by atoms with Gasteiger partial charge in [-0.05, 0) is 50.1 Å². The summed E-state index contributed by atoms with van der Waals surface area (Å²) in [6, 6.07) is 8.02. The molecule has 0 aromatic heterocycles. The average molecular weight is 247 g/mol. The van der Waals surface area contributed by atoms with Crippen LogP contribution in [0.2, 0.25) is 0 Å². The van der Waals surface area contributed by atoms with Crippen molar-refractivity contribution < 1.29 is 9.53 Å². The summed E-state index contributed by atoms with van der Waals surface area (Å²) < 4.78 is 5.10. The number of Topliss-reactive ketones (excluding diaryl/α,β-unsaturated/α-hetero) is 1. The summed E-state index contributed by atoms with van der Waals surface area (Å²) in [5, 5.41) is 0. The minimum atomic E-state index is 0.206. The van der Waals surface area contributed by atoms with Crippen LogP contribution in [0.25, 0.3) is 0 Å². The predicted molar refractivity (Wildman–Crippen MR) is 72.2 cm³/mol. The lowest BCUT2D eigenvalue weighted by Gasteiger charge is -2.20. The van der Waals surface area contributed by atoms with Crippen molar-refractivity contribution in [1.82, 2.24) is 4.90 Å². The van der Waals surface area contributed by atoms with Gasteiger partial charge in [-0.2, -0.15) is 0 Å². The minimum Gasteiger partial charge on any atom is -0.497 e. The molecule has 0 N–H and O–H groups in total. The minimum absolute atomic E-state index is 0.206. The summed E-state index contributed by atoms with van der Waals surface area (Å²) in [5.74, 6) is 0.997. The number of carbonyl (C=O) groups is 1. The molecule has 0 spiro atoms. The van der Waals surface area contributed by atoms with Crippen LogP contribution in [0.4, 0.5) is 0 Å². The zero-order valence-corrected chi connectivity index (χ0v) is 11.2. The summed E-state index contributed by atoms with van der Waals surface area (Å²) in [6.45, 7) is 3.73. The first kappa shape index (κ1) is 13.1. The Morgan fingerprint density at radius 1 is 1.33 bits per heavy atom. The van der Waals surface area contributed by atoms with Crippen molar-refractivity contribution in [3.8, 4) is 5.75 Å². The Bertz CT molecular complexity index is 395. The topological polar surface area (TPSA) is 29.5 Å². The van der Waals surface area contributed by atoms with Gasteiger partial charge in [-0.3, -0.25) is 9.69 Å². The van der Waals surface area contributed by atoms with E-state index >= 15 is 0 Å². The fourth-order valence-electron chi connectivity index (χ4n) is 2.17. The first-order valence-electron chi connectivity index (χ1n) is 6.66. The molecule has 3 nitrogen and oxygen atoms in total. The molecule has 98 valence electrons. The maximum Gasteiger partial charge on any atom is 0.176 e. The van der Waals surface area contributed by atoms with Crippen LogP contribution >= 0.6 is 0 Å². The maximum atomic E-state index is 12.2. The van der Waals surface area contributed by atoms with Gasteiger partial charge >= 0.3 is 0 Å². The third-order valence-electron chi connectivity index (χ3n) is 3.33. The van der Waals surface area contributed by atoms with E-state index in [9.17, 15) is 4.79 Å². The molecule has 0 amide bonds. The van der Waals surface area contributed by atoms with Gasteiger partial charge in [-0.25, -0.2) is 0 Å². The molecule has 18 heavy (non-hydrogen) atoms. The van der Waals surface area contributed by atoms with Gasteiger partial charge in [0.1, 0.15) is 5.75 Å². The molecule has 0 unspecified atom stereocenters. The first-order valence-corrected chi connectivity index (χ1v) is 6.66. The molecule has 0 saturated heterocycles. The van der Waals surface area contributed by atoms with Crippen molar-refractivity contribution in [3.63, 3.8) is 0 Å². The van der Waals surface area contributed by atoms with E-state index in [4.69, 9.17) is 4.74 Å². The Morgan fingerprint density at radius 2 is 2.00 bits per heavy atom. The number of hydrogen-bond acceptors (Lipinski definition) is 3. The van der Waals surface area contributed by atoms with E-state index in [0.29, 0.717) is 12.6 Å². The largest absolute Gasteiger partial charge is 0.497 e. The van der Waals surface area contributed by atoms with Crippen molar-refractivity contribution in [2.45, 2.75) is 32.2 Å². The molecule has 1 aliphatic carbocycles. The first-order chi connectivity index (χ1) is 8.74. The lowest BCUT2D eigenvalue weighted by Crippen LogP contribution is -2.32. The monoisotopic (exact) mass is 247 g/mol. The van der Waals surface area contributed by atoms with Gasteiger partial charge in [-0.1, -0.05) is 6.92 Å². The summed E-state index contributed by atoms with van der Waals surface area (Å²) in [5.41, 5.74) is 0.776. The van der Waals surface area contributed by atoms with Gasteiger partial charge in [0.15, 0.2) is 5.78 Å². The smallest absolute Gasteiger partial charge is 0.176 e. The number of hydrogen-bond donors (Lipinski definition) is 0. The van der Waals surface area contributed by atoms with E-state index in [0.717, 1.165) is 24.3 Å². The second kappa shape index (κ2) is 6.01. The molecule has 2 rings (SSSR count). The van der Waals surface area contributed by atoms with Crippen LogP contribution in [0.15, 0.2) is 24.3 Å². The standard InChI is InChI=1S/C15H21NO2/c1-3-10-16(13-6-7-13)11-15(17)12-4-8-14(18-2)9-5-12/h4-5,8-9,13H,3,6-7,10-11H2,1-2H3. The highest BCUT2D eigenvalue weighted by atomic mass is 16.5. The van der Waals surface area contributed by atoms with E-state index < -0.39 is 0 Å². The SMILES string of the molecule is CCCN(CC(=O)c1ccc(OC)cc1)C1CC1. The molecule has 0 heterocycles. The molecule has 1 fully saturated rings. The van der Waals surface area contributed by atoms with Crippen LogP contribution in [0.1, 0.15) is 36.5 Å². The highest BCUT2D eigenvalue weighted by Gasteiger charge is 2.29. The van der Waals surface area contributed by atoms with Gasteiger partial charge in [0.2, 0.25) is 0 Å². The van der Waals surface area contributed by atoms with Crippen molar-refractivity contribution in [2.75, 3.05) is 20.2 Å². The lowest BCUT2D eigenvalue weighted by molar-refractivity contribution is 0.0924. The summed E-state index contributed by atoms with van der Waals surface area (Å²) in [4.78, 5) is 14.5. The average Bonchev–Trinajstić information content (AvgIpc) is 3.22. The van der Waals surface area contributed by atoms with Crippen molar-refractivity contribution >= 4 is 5.78 Å². The van der Waals surface area contributed by atoms with E-state index in [1.165, 1.54) is 12.8 Å². The molecule has 0 radical (unpaired) electrons. The number of ketones is 1. The number of carbonyl (C=O) groups excluding carboxylic acids is 1. The fourth-order valence-corrected chi connectivity index (χ4v) is 2.17. The van der Waals surface area contributed by atoms with Gasteiger partial charge < -0.3 is 4.74 Å². The van der Waals surface area contributed by atoms with E-state index in [1.807, 2.05) is 24.3 Å². The van der Waals surface area contributed by atoms with Crippen LogP contribution in [0.5, 0.6) is 5.75 Å². The zero-order chi connectivity index (χ0) is 13.0. The van der Waals surface area contributed by atoms with Crippen LogP contribution in [-0.4, -0.2) is 36.9 Å². The normalized spacial score (nSPS) is 14.8. The number of benzene rings is 1. The molecule has 3 heteroatoms. The summed E-state index contributed by atoms with van der Waals surface area (Å²) in [7, 11) is 1.63. The zero-order valence-electron chi connectivity index (χ0n) is 11.2. The van der Waals surface area contributed by atoms with Crippen LogP contribution in [0.3, 0.4) is 0 Å². The molecule has 1 aliphatic rings. The quantitative estimate of drug-likeness (QED) is 0.694. The molecular weight excluding hydrogens is 226 g/mol. The van der Waals surface area contributed by atoms with Crippen molar-refractivity contribution in [1.29, 1.82) is 0 Å². The predicted octanol–water partition coefficient (Wildman–Crippen LogP) is 2.75. The Labute approximate surface area is 109 Å². The summed E-state index contributed by atoms with van der Waals surface area (Å²) in [6.07, 6.45) is 3.60. The van der Waals surface area contributed by atoms with Crippen LogP contribution in [-0.2, 0) is 0 Å². The molecule has 1 aromatic carbocycles. The third kappa shape index (κ3) is 3.33. The van der Waals surface area contributed by atoms with Gasteiger partial charge in [-0.15, -0.1) is 0 Å². The van der Waals surface area contributed by atoms with E-state index in [1.54, 1.807) is 7.11 Å². The summed E-state index contributed by atoms with van der Waals surface area (Å²) >= 11 is 0.